The highest BCUT2D eigenvalue weighted by Crippen LogP contribution is 2.38. The lowest BCUT2D eigenvalue weighted by Crippen LogP contribution is -2.51. The van der Waals surface area contributed by atoms with Crippen LogP contribution in [-0.4, -0.2) is 90.8 Å². The lowest BCUT2D eigenvalue weighted by Gasteiger charge is -2.30. The summed E-state index contributed by atoms with van der Waals surface area (Å²) in [6.07, 6.45) is 2.50. The fourth-order valence-electron chi connectivity index (χ4n) is 8.27. The van der Waals surface area contributed by atoms with Gasteiger partial charge in [0.25, 0.3) is 0 Å². The number of pyridine rings is 1. The molecule has 2 aliphatic heterocycles. The predicted molar refractivity (Wildman–Crippen MR) is 210 cm³/mol. The second-order valence-electron chi connectivity index (χ2n) is 15.6. The third kappa shape index (κ3) is 6.58. The van der Waals surface area contributed by atoms with Crippen molar-refractivity contribution in [2.45, 2.75) is 84.5 Å². The van der Waals surface area contributed by atoms with Crippen molar-refractivity contribution in [2.24, 2.45) is 11.8 Å². The van der Waals surface area contributed by atoms with Crippen LogP contribution in [0.3, 0.4) is 0 Å². The molecule has 292 valence electrons. The summed E-state index contributed by atoms with van der Waals surface area (Å²) in [7, 11) is 1.28. The molecule has 4 aromatic heterocycles. The van der Waals surface area contributed by atoms with Gasteiger partial charge in [0.1, 0.15) is 28.9 Å². The van der Waals surface area contributed by atoms with E-state index < -0.39 is 18.2 Å². The topological polar surface area (TPSA) is 191 Å². The summed E-state index contributed by atoms with van der Waals surface area (Å²) in [4.78, 5) is 76.7. The molecule has 0 saturated carbocycles. The average molecular weight is 762 g/mol. The predicted octanol–water partition coefficient (Wildman–Crippen LogP) is 6.27. The van der Waals surface area contributed by atoms with Crippen LogP contribution in [-0.2, 0) is 19.1 Å². The van der Waals surface area contributed by atoms with Crippen molar-refractivity contribution in [1.82, 2.24) is 45.4 Å². The first-order chi connectivity index (χ1) is 26.9. The van der Waals surface area contributed by atoms with E-state index in [0.717, 1.165) is 64.2 Å². The Morgan fingerprint density at radius 1 is 0.804 bits per heavy atom. The van der Waals surface area contributed by atoms with E-state index >= 15 is 0 Å². The number of aromatic nitrogens is 5. The Hall–Kier alpha value is -5.99. The van der Waals surface area contributed by atoms with Gasteiger partial charge >= 0.3 is 6.09 Å². The maximum atomic E-state index is 13.7. The van der Waals surface area contributed by atoms with Gasteiger partial charge in [-0.1, -0.05) is 27.7 Å². The molecule has 2 fully saturated rings. The molecule has 6 heterocycles. The van der Waals surface area contributed by atoms with E-state index in [1.165, 1.54) is 14.0 Å². The molecule has 15 nitrogen and oxygen atoms in total. The first-order valence-corrected chi connectivity index (χ1v) is 19.4. The number of rotatable bonds is 9. The molecular weight excluding hydrogens is 715 g/mol. The molecular formula is C41H47N9O6. The lowest BCUT2D eigenvalue weighted by atomic mass is 10.0. The van der Waals surface area contributed by atoms with Gasteiger partial charge in [0.05, 0.1) is 35.9 Å². The van der Waals surface area contributed by atoms with Gasteiger partial charge in [-0.25, -0.2) is 19.7 Å². The maximum absolute atomic E-state index is 13.7. The molecule has 0 spiro atoms. The number of ether oxygens (including phenoxy) is 1. The van der Waals surface area contributed by atoms with Gasteiger partial charge < -0.3 is 39.6 Å². The molecule has 0 bridgehead atoms. The number of hydrogen-bond donors (Lipinski definition) is 4. The van der Waals surface area contributed by atoms with Gasteiger partial charge in [-0.15, -0.1) is 0 Å². The van der Waals surface area contributed by atoms with E-state index in [9.17, 15) is 19.2 Å². The van der Waals surface area contributed by atoms with Gasteiger partial charge in [-0.05, 0) is 80.0 Å². The number of hydrogen-bond acceptors (Lipinski definition) is 9. The van der Waals surface area contributed by atoms with Crippen LogP contribution in [0.5, 0.6) is 0 Å². The highest BCUT2D eigenvalue weighted by atomic mass is 16.5. The molecule has 0 unspecified atom stereocenters. The summed E-state index contributed by atoms with van der Waals surface area (Å²) < 4.78 is 11.3. The molecule has 4 atom stereocenters. The molecule has 2 aromatic carbocycles. The molecule has 0 radical (unpaired) electrons. The number of amides is 4. The minimum absolute atomic E-state index is 0.0560. The Morgan fingerprint density at radius 2 is 1.48 bits per heavy atom. The number of aromatic amines is 2. The molecule has 15 heteroatoms. The molecule has 56 heavy (non-hydrogen) atoms. The fourth-order valence-corrected chi connectivity index (χ4v) is 8.27. The number of likely N-dealkylation sites (tertiary alicyclic amines) is 2. The van der Waals surface area contributed by atoms with Gasteiger partial charge in [0, 0.05) is 36.3 Å². The Bertz CT molecular complexity index is 2500. The third-order valence-corrected chi connectivity index (χ3v) is 11.1. The van der Waals surface area contributed by atoms with E-state index in [1.54, 1.807) is 4.90 Å². The van der Waals surface area contributed by atoms with Gasteiger partial charge in [0.15, 0.2) is 17.2 Å². The van der Waals surface area contributed by atoms with Crippen LogP contribution in [0.1, 0.15) is 84.0 Å². The number of carbonyl (C=O) groups excluding carboxylic acids is 4. The minimum Gasteiger partial charge on any atom is -0.453 e. The zero-order valence-corrected chi connectivity index (χ0v) is 32.4. The highest BCUT2D eigenvalue weighted by Gasteiger charge is 2.39. The molecule has 2 aliphatic rings. The number of imidazole rings is 2. The van der Waals surface area contributed by atoms with E-state index in [2.05, 4.69) is 20.6 Å². The van der Waals surface area contributed by atoms with E-state index in [1.807, 2.05) is 75.1 Å². The number of nitrogens with one attached hydrogen (secondary N) is 4. The summed E-state index contributed by atoms with van der Waals surface area (Å²) in [5.74, 6) is 1.23. The Kier molecular flexibility index (Phi) is 9.63. The smallest absolute Gasteiger partial charge is 0.407 e. The van der Waals surface area contributed by atoms with Crippen molar-refractivity contribution in [3.8, 4) is 11.5 Å². The number of furan rings is 1. The van der Waals surface area contributed by atoms with Crippen LogP contribution in [0.4, 0.5) is 4.79 Å². The number of carbonyl (C=O) groups is 4. The van der Waals surface area contributed by atoms with Gasteiger partial charge in [-0.2, -0.15) is 0 Å². The molecule has 0 aliphatic carbocycles. The molecule has 2 saturated heterocycles. The van der Waals surface area contributed by atoms with E-state index in [0.29, 0.717) is 41.6 Å². The third-order valence-electron chi connectivity index (χ3n) is 11.1. The monoisotopic (exact) mass is 761 g/mol. The normalized spacial score (nSPS) is 18.5. The van der Waals surface area contributed by atoms with Crippen molar-refractivity contribution in [3.05, 3.63) is 54.1 Å². The SMILES string of the molecule is COC(=O)N[C@H](C(=O)N1CCC[C@H]1c1nc2ccc3[nH]c(-c4cc5ccc6[nH]c([C@@H]7CCCN7C(=O)[C@@H](NC(C)=O)C(C)C)nc6c5o4)ccc3c2n1)C(C)C. The van der Waals surface area contributed by atoms with Gasteiger partial charge in [0.2, 0.25) is 17.7 Å². The number of H-pyrrole nitrogens is 2. The number of fused-ring (bicyclic) bond motifs is 6. The van der Waals surface area contributed by atoms with Crippen molar-refractivity contribution < 1.29 is 28.3 Å². The van der Waals surface area contributed by atoms with E-state index in [-0.39, 0.29) is 41.6 Å². The number of alkyl carbamates (subject to hydrolysis) is 1. The summed E-state index contributed by atoms with van der Waals surface area (Å²) in [5, 5.41) is 7.31. The molecule has 6 aromatic rings. The summed E-state index contributed by atoms with van der Waals surface area (Å²) in [6, 6.07) is 11.9. The second-order valence-corrected chi connectivity index (χ2v) is 15.6. The zero-order chi connectivity index (χ0) is 39.4. The van der Waals surface area contributed by atoms with Crippen LogP contribution >= 0.6 is 0 Å². The molecule has 4 N–H and O–H groups in total. The van der Waals surface area contributed by atoms with Crippen LogP contribution < -0.4 is 10.6 Å². The van der Waals surface area contributed by atoms with Crippen molar-refractivity contribution in [2.75, 3.05) is 20.2 Å². The number of benzene rings is 2. The largest absolute Gasteiger partial charge is 0.453 e. The quantitative estimate of drug-likeness (QED) is 0.132. The second kappa shape index (κ2) is 14.6. The Morgan fingerprint density at radius 3 is 2.18 bits per heavy atom. The average Bonchev–Trinajstić information content (AvgIpc) is 4.02. The first kappa shape index (κ1) is 37.0. The van der Waals surface area contributed by atoms with Crippen molar-refractivity contribution in [3.63, 3.8) is 0 Å². The highest BCUT2D eigenvalue weighted by molar-refractivity contribution is 6.04. The van der Waals surface area contributed by atoms with E-state index in [4.69, 9.17) is 24.1 Å². The number of nitrogens with zero attached hydrogens (tertiary/aromatic N) is 5. The minimum atomic E-state index is -0.723. The first-order valence-electron chi connectivity index (χ1n) is 19.4. The Labute approximate surface area is 322 Å². The molecule has 4 amide bonds. The summed E-state index contributed by atoms with van der Waals surface area (Å²) in [6.45, 7) is 10.2. The zero-order valence-electron chi connectivity index (χ0n) is 32.4. The van der Waals surface area contributed by atoms with Crippen LogP contribution in [0.25, 0.3) is 55.4 Å². The van der Waals surface area contributed by atoms with Gasteiger partial charge in [-0.3, -0.25) is 14.4 Å². The molecule has 8 rings (SSSR count). The summed E-state index contributed by atoms with van der Waals surface area (Å²) >= 11 is 0. The summed E-state index contributed by atoms with van der Waals surface area (Å²) in [5.41, 5.74) is 5.23. The van der Waals surface area contributed by atoms with Crippen LogP contribution in [0, 0.1) is 11.8 Å². The Balaban J connectivity index is 1.07. The van der Waals surface area contributed by atoms with Crippen molar-refractivity contribution in [1.29, 1.82) is 0 Å². The van der Waals surface area contributed by atoms with Crippen LogP contribution in [0.15, 0.2) is 46.9 Å². The van der Waals surface area contributed by atoms with Crippen LogP contribution in [0.2, 0.25) is 0 Å². The standard InChI is InChI=1S/C41H47N9O6/c1-20(2)32(42-22(5)51)39(52)49-17-8-10-30(49)38-45-28-13-11-23-19-31(56-36(23)35(28)47-38)26-14-12-24-25(43-26)15-16-27-34(24)46-37(44-27)29-9-7-18-50(29)40(53)33(21(3)4)48-41(54)55-6/h11-16,19-21,29-30,32-33,43H,7-10,17-18H2,1-6H3,(H,42,51)(H,45,47)(H,48,54)/t29-,30-,32-,33-/m0/s1. The number of methoxy groups -OCH3 is 1. The fraction of sp³-hybridized carbons (Fsp3) is 0.439. The maximum Gasteiger partial charge on any atom is 0.407 e. The lowest BCUT2D eigenvalue weighted by molar-refractivity contribution is -0.138. The van der Waals surface area contributed by atoms with Crippen molar-refractivity contribution >= 4 is 67.8 Å².